The van der Waals surface area contributed by atoms with Gasteiger partial charge in [0.25, 0.3) is 23.6 Å². The average Bonchev–Trinajstić information content (AvgIpc) is 3.25. The van der Waals surface area contributed by atoms with Gasteiger partial charge in [0.1, 0.15) is 22.2 Å². The molecule has 4 aromatic rings. The molecule has 1 aliphatic rings. The fourth-order valence-corrected chi connectivity index (χ4v) is 7.23. The fourth-order valence-electron chi connectivity index (χ4n) is 7.23. The van der Waals surface area contributed by atoms with Gasteiger partial charge in [-0.1, -0.05) is 119 Å². The minimum Gasteiger partial charge on any atom is -0.345 e. The second-order valence-corrected chi connectivity index (χ2v) is 16.9. The monoisotopic (exact) mass is 872 g/mol. The number of carbonyl (C=O) groups excluding carboxylic acids is 8. The summed E-state index contributed by atoms with van der Waals surface area (Å²) >= 11 is 0. The standard InChI is InChI=1S/C48H56N8O8/c1-29-9-17-33(18-10-29)45(5)41(61)49-26-38(58)54-47(7,35-21-13-31(3)14-22-35)43(63)51-28-40(60)56-48(8,36-23-15-32(4)16-24-36)44(64)52-27-39(59)55-46(6,34-19-11-30(2)12-20-34)42(62)50-25-37(57)53-45/h9-24H,25-28H2,1-8H3,(H,49,61)(H,50,62)(H,51,63)(H,52,64)(H,53,57)(H,54,58)(H,55,59)(H,56,60)/t45-,46-,47-,48-/m1/s1. The van der Waals surface area contributed by atoms with Crippen LogP contribution in [0.5, 0.6) is 0 Å². The zero-order valence-corrected chi connectivity index (χ0v) is 37.3. The normalized spacial score (nSPS) is 24.9. The molecule has 8 N–H and O–H groups in total. The minimum absolute atomic E-state index is 0.358. The Morgan fingerprint density at radius 3 is 0.609 bits per heavy atom. The molecule has 4 atom stereocenters. The van der Waals surface area contributed by atoms with Crippen LogP contribution in [-0.2, 0) is 60.5 Å². The van der Waals surface area contributed by atoms with Gasteiger partial charge in [-0.2, -0.15) is 0 Å². The first-order chi connectivity index (χ1) is 30.1. The molecule has 16 nitrogen and oxygen atoms in total. The Morgan fingerprint density at radius 1 is 0.297 bits per heavy atom. The Labute approximate surface area is 372 Å². The van der Waals surface area contributed by atoms with Crippen LogP contribution in [-0.4, -0.2) is 73.4 Å². The van der Waals surface area contributed by atoms with Gasteiger partial charge in [0.2, 0.25) is 23.6 Å². The number of amides is 8. The molecule has 4 aromatic carbocycles. The summed E-state index contributed by atoms with van der Waals surface area (Å²) in [6, 6.07) is 27.1. The molecule has 336 valence electrons. The second kappa shape index (κ2) is 19.4. The Bertz CT molecular complexity index is 2100. The number of rotatable bonds is 4. The van der Waals surface area contributed by atoms with Gasteiger partial charge >= 0.3 is 0 Å². The summed E-state index contributed by atoms with van der Waals surface area (Å²) in [6.45, 7) is 10.6. The maximum Gasteiger partial charge on any atom is 0.250 e. The molecule has 1 heterocycles. The maximum absolute atomic E-state index is 14.1. The van der Waals surface area contributed by atoms with Crippen LogP contribution in [0, 0.1) is 27.7 Å². The maximum atomic E-state index is 14.1. The van der Waals surface area contributed by atoms with Crippen molar-refractivity contribution in [2.24, 2.45) is 0 Å². The number of benzene rings is 4. The molecule has 8 amide bonds. The number of nitrogens with one attached hydrogen (secondary N) is 8. The van der Waals surface area contributed by atoms with Gasteiger partial charge in [0.05, 0.1) is 26.2 Å². The second-order valence-electron chi connectivity index (χ2n) is 16.9. The van der Waals surface area contributed by atoms with Crippen LogP contribution in [0.3, 0.4) is 0 Å². The number of aryl methyl sites for hydroxylation is 4. The van der Waals surface area contributed by atoms with Crippen LogP contribution in [0.1, 0.15) is 72.2 Å². The molecule has 5 rings (SSSR count). The first kappa shape index (κ1) is 47.7. The number of hydrogen-bond donors (Lipinski definition) is 8. The summed E-state index contributed by atoms with van der Waals surface area (Å²) in [5, 5.41) is 21.1. The molecule has 1 aliphatic heterocycles. The van der Waals surface area contributed by atoms with Crippen molar-refractivity contribution >= 4 is 47.3 Å². The molecule has 1 saturated heterocycles. The van der Waals surface area contributed by atoms with Crippen molar-refractivity contribution in [1.29, 1.82) is 0 Å². The third-order valence-corrected chi connectivity index (χ3v) is 11.5. The third kappa shape index (κ3) is 10.8. The van der Waals surface area contributed by atoms with E-state index in [1.807, 2.05) is 27.7 Å². The molecule has 0 unspecified atom stereocenters. The van der Waals surface area contributed by atoms with E-state index in [0.717, 1.165) is 22.3 Å². The molecular formula is C48H56N8O8. The van der Waals surface area contributed by atoms with Gasteiger partial charge in [-0.25, -0.2) is 0 Å². The molecule has 0 spiro atoms. The highest BCUT2D eigenvalue weighted by molar-refractivity contribution is 6.00. The van der Waals surface area contributed by atoms with Gasteiger partial charge in [0.15, 0.2) is 0 Å². The number of hydrogen-bond acceptors (Lipinski definition) is 8. The molecule has 64 heavy (non-hydrogen) atoms. The SMILES string of the molecule is Cc1ccc([C@@]2(C)NC(=O)CNC(=O)[C@@](C)(c3ccc(C)cc3)NC(=O)CNC(=O)[C@@](C)(c3ccc(C)cc3)NC(=O)CNC(=O)[C@@](C)(c3ccc(C)cc3)NC(=O)CNC2=O)cc1. The summed E-state index contributed by atoms with van der Waals surface area (Å²) in [6.07, 6.45) is 0. The van der Waals surface area contributed by atoms with Gasteiger partial charge in [-0.15, -0.1) is 0 Å². The van der Waals surface area contributed by atoms with Crippen LogP contribution in [0.2, 0.25) is 0 Å². The van der Waals surface area contributed by atoms with E-state index in [2.05, 4.69) is 42.5 Å². The van der Waals surface area contributed by atoms with E-state index in [1.54, 1.807) is 97.1 Å². The first-order valence-electron chi connectivity index (χ1n) is 20.7. The lowest BCUT2D eigenvalue weighted by molar-refractivity contribution is -0.138. The Morgan fingerprint density at radius 2 is 0.453 bits per heavy atom. The van der Waals surface area contributed by atoms with E-state index in [9.17, 15) is 38.4 Å². The topological polar surface area (TPSA) is 233 Å². The van der Waals surface area contributed by atoms with Crippen LogP contribution < -0.4 is 42.5 Å². The van der Waals surface area contributed by atoms with Crippen molar-refractivity contribution in [3.05, 3.63) is 142 Å². The zero-order chi connectivity index (χ0) is 47.0. The Kier molecular flexibility index (Phi) is 14.4. The van der Waals surface area contributed by atoms with Gasteiger partial charge in [-0.05, 0) is 77.6 Å². The molecule has 0 aromatic heterocycles. The smallest absolute Gasteiger partial charge is 0.250 e. The fraction of sp³-hybridized carbons (Fsp3) is 0.333. The van der Waals surface area contributed by atoms with Crippen molar-refractivity contribution in [1.82, 2.24) is 42.5 Å². The Hall–Kier alpha value is -7.36. The Balaban J connectivity index is 1.53. The lowest BCUT2D eigenvalue weighted by Gasteiger charge is -2.33. The lowest BCUT2D eigenvalue weighted by Crippen LogP contribution is -2.61. The van der Waals surface area contributed by atoms with Crippen LogP contribution in [0.15, 0.2) is 97.1 Å². The van der Waals surface area contributed by atoms with E-state index in [1.165, 1.54) is 27.7 Å². The summed E-state index contributed by atoms with van der Waals surface area (Å²) in [7, 11) is 0. The molecule has 0 aliphatic carbocycles. The molecule has 0 radical (unpaired) electrons. The zero-order valence-electron chi connectivity index (χ0n) is 37.3. The van der Waals surface area contributed by atoms with E-state index in [0.29, 0.717) is 22.3 Å². The molecule has 1 fully saturated rings. The molecule has 0 saturated carbocycles. The van der Waals surface area contributed by atoms with Crippen LogP contribution in [0.4, 0.5) is 0 Å². The largest absolute Gasteiger partial charge is 0.345 e. The van der Waals surface area contributed by atoms with E-state index < -0.39 is 95.6 Å². The summed E-state index contributed by atoms with van der Waals surface area (Å²) < 4.78 is 0. The van der Waals surface area contributed by atoms with Gasteiger partial charge in [-0.3, -0.25) is 38.4 Å². The summed E-state index contributed by atoms with van der Waals surface area (Å²) in [4.78, 5) is 111. The minimum atomic E-state index is -1.78. The van der Waals surface area contributed by atoms with Crippen molar-refractivity contribution in [3.8, 4) is 0 Å². The van der Waals surface area contributed by atoms with Crippen LogP contribution in [0.25, 0.3) is 0 Å². The molecule has 16 heteroatoms. The predicted molar refractivity (Wildman–Crippen MR) is 239 cm³/mol. The van der Waals surface area contributed by atoms with E-state index in [4.69, 9.17) is 0 Å². The number of carbonyl (C=O) groups is 8. The first-order valence-corrected chi connectivity index (χ1v) is 20.7. The third-order valence-electron chi connectivity index (χ3n) is 11.5. The highest BCUT2D eigenvalue weighted by Gasteiger charge is 2.43. The molecular weight excluding hydrogens is 817 g/mol. The summed E-state index contributed by atoms with van der Waals surface area (Å²) in [5.74, 6) is -6.26. The van der Waals surface area contributed by atoms with Crippen LogP contribution >= 0.6 is 0 Å². The predicted octanol–water partition coefficient (Wildman–Crippen LogP) is 1.82. The van der Waals surface area contributed by atoms with Crippen molar-refractivity contribution in [2.45, 2.75) is 77.5 Å². The van der Waals surface area contributed by atoms with E-state index >= 15 is 0 Å². The van der Waals surface area contributed by atoms with Gasteiger partial charge in [0, 0.05) is 0 Å². The van der Waals surface area contributed by atoms with Crippen molar-refractivity contribution in [3.63, 3.8) is 0 Å². The average molecular weight is 873 g/mol. The van der Waals surface area contributed by atoms with Gasteiger partial charge < -0.3 is 42.5 Å². The van der Waals surface area contributed by atoms with E-state index in [-0.39, 0.29) is 0 Å². The molecule has 0 bridgehead atoms. The summed E-state index contributed by atoms with van der Waals surface area (Å²) in [5.41, 5.74) is -2.21. The highest BCUT2D eigenvalue weighted by Crippen LogP contribution is 2.26. The lowest BCUT2D eigenvalue weighted by atomic mass is 9.89. The quantitative estimate of drug-likeness (QED) is 0.150. The highest BCUT2D eigenvalue weighted by atomic mass is 16.2. The van der Waals surface area contributed by atoms with Crippen molar-refractivity contribution < 1.29 is 38.4 Å². The van der Waals surface area contributed by atoms with Crippen molar-refractivity contribution in [2.75, 3.05) is 26.2 Å².